The van der Waals surface area contributed by atoms with Crippen LogP contribution < -0.4 is 14.2 Å². The fraction of sp³-hybridized carbons (Fsp3) is 0.464. The summed E-state index contributed by atoms with van der Waals surface area (Å²) in [5, 5.41) is 11.6. The lowest BCUT2D eigenvalue weighted by Gasteiger charge is -2.27. The minimum absolute atomic E-state index is 0.0975. The number of hydrogen-bond acceptors (Lipinski definition) is 9. The van der Waals surface area contributed by atoms with Crippen LogP contribution in [0.5, 0.6) is 17.2 Å². The van der Waals surface area contributed by atoms with Gasteiger partial charge in [-0.2, -0.15) is 0 Å². The molecule has 1 fully saturated rings. The molecule has 0 aliphatic carbocycles. The summed E-state index contributed by atoms with van der Waals surface area (Å²) in [4.78, 5) is 45.7. The van der Waals surface area contributed by atoms with Gasteiger partial charge in [-0.05, 0) is 71.1 Å². The highest BCUT2D eigenvalue weighted by Gasteiger charge is 2.47. The number of carbonyl (C=O) groups excluding carboxylic acids is 3. The van der Waals surface area contributed by atoms with E-state index in [9.17, 15) is 19.5 Å². The Kier molecular flexibility index (Phi) is 9.28. The number of aromatic amines is 1. The van der Waals surface area contributed by atoms with Crippen molar-refractivity contribution in [3.63, 3.8) is 0 Å². The van der Waals surface area contributed by atoms with Crippen LogP contribution in [0.25, 0.3) is 5.76 Å². The zero-order valence-electron chi connectivity index (χ0n) is 23.8. The molecule has 11 heteroatoms. The number of methoxy groups -OCH3 is 3. The second-order valence-corrected chi connectivity index (χ2v) is 9.45. The molecule has 1 amide bonds. The molecule has 1 saturated heterocycles. The number of aromatic nitrogens is 1. The highest BCUT2D eigenvalue weighted by Crippen LogP contribution is 2.46. The molecule has 212 valence electrons. The van der Waals surface area contributed by atoms with Crippen LogP contribution in [0.15, 0.2) is 17.7 Å². The molecule has 0 unspecified atom stereocenters. The van der Waals surface area contributed by atoms with E-state index in [-0.39, 0.29) is 35.7 Å². The Morgan fingerprint density at radius 1 is 1.08 bits per heavy atom. The van der Waals surface area contributed by atoms with Crippen LogP contribution in [0.3, 0.4) is 0 Å². The van der Waals surface area contributed by atoms with Crippen LogP contribution in [0.4, 0.5) is 0 Å². The number of nitrogens with zero attached hydrogens (tertiary/aromatic N) is 2. The van der Waals surface area contributed by atoms with Gasteiger partial charge in [0.1, 0.15) is 11.5 Å². The third-order valence-electron chi connectivity index (χ3n) is 6.70. The number of ether oxygens (including phenoxy) is 4. The molecule has 11 nitrogen and oxygen atoms in total. The highest BCUT2D eigenvalue weighted by molar-refractivity contribution is 6.46. The second kappa shape index (κ2) is 12.2. The SMILES string of the molecule is CCOC(=O)c1[nH]c(C)c(C(O)=C2C(=O)C(=O)N(CCCN(C)C)[C@@H]2c2cc(OC)c(OC)c(OC)c2)c1C. The Bertz CT molecular complexity index is 1270. The van der Waals surface area contributed by atoms with Crippen LogP contribution in [0.2, 0.25) is 0 Å². The number of amides is 1. The van der Waals surface area contributed by atoms with Crippen molar-refractivity contribution in [1.29, 1.82) is 0 Å². The number of rotatable bonds is 11. The minimum Gasteiger partial charge on any atom is -0.507 e. The third-order valence-corrected chi connectivity index (χ3v) is 6.70. The molecule has 1 aromatic heterocycles. The molecule has 0 radical (unpaired) electrons. The van der Waals surface area contributed by atoms with Crippen LogP contribution >= 0.6 is 0 Å². The van der Waals surface area contributed by atoms with Crippen molar-refractivity contribution in [1.82, 2.24) is 14.8 Å². The van der Waals surface area contributed by atoms with E-state index >= 15 is 0 Å². The summed E-state index contributed by atoms with van der Waals surface area (Å²) in [5.41, 5.74) is 1.69. The van der Waals surface area contributed by atoms with Gasteiger partial charge in [0.2, 0.25) is 5.75 Å². The van der Waals surface area contributed by atoms with Crippen molar-refractivity contribution in [3.8, 4) is 17.2 Å². The quantitative estimate of drug-likeness (QED) is 0.190. The van der Waals surface area contributed by atoms with Crippen molar-refractivity contribution < 1.29 is 38.4 Å². The molecular formula is C28H37N3O8. The molecular weight excluding hydrogens is 506 g/mol. The van der Waals surface area contributed by atoms with Gasteiger partial charge in [-0.3, -0.25) is 9.59 Å². The number of likely N-dealkylation sites (tertiary alicyclic amines) is 1. The molecule has 3 rings (SSSR count). The minimum atomic E-state index is -0.944. The molecule has 0 saturated carbocycles. The van der Waals surface area contributed by atoms with E-state index < -0.39 is 23.7 Å². The topological polar surface area (TPSA) is 131 Å². The predicted molar refractivity (Wildman–Crippen MR) is 145 cm³/mol. The zero-order chi connectivity index (χ0) is 29.0. The number of aryl methyl sites for hydroxylation is 1. The Morgan fingerprint density at radius 2 is 1.69 bits per heavy atom. The standard InChI is InChI=1S/C28H37N3O8/c1-9-39-28(35)22-15(2)20(16(3)29-22)24(32)21-23(31(27(34)25(21)33)12-10-11-30(4)5)17-13-18(36-6)26(38-8)19(14-17)37-7/h13-14,23,29,32H,9-12H2,1-8H3/t23-/m1/s1. The summed E-state index contributed by atoms with van der Waals surface area (Å²) < 4.78 is 21.6. The first-order valence-electron chi connectivity index (χ1n) is 12.6. The fourth-order valence-electron chi connectivity index (χ4n) is 4.92. The lowest BCUT2D eigenvalue weighted by atomic mass is 9.93. The number of aliphatic hydroxyl groups excluding tert-OH is 1. The Hall–Kier alpha value is -3.99. The zero-order valence-corrected chi connectivity index (χ0v) is 23.8. The predicted octanol–water partition coefficient (Wildman–Crippen LogP) is 3.21. The van der Waals surface area contributed by atoms with Gasteiger partial charge < -0.3 is 38.8 Å². The number of ketones is 1. The summed E-state index contributed by atoms with van der Waals surface area (Å²) in [5.74, 6) is -1.50. The number of nitrogens with one attached hydrogen (secondary N) is 1. The lowest BCUT2D eigenvalue weighted by molar-refractivity contribution is -0.139. The largest absolute Gasteiger partial charge is 0.507 e. The average Bonchev–Trinajstić information content (AvgIpc) is 3.34. The summed E-state index contributed by atoms with van der Waals surface area (Å²) in [7, 11) is 8.26. The number of aliphatic hydroxyl groups is 1. The van der Waals surface area contributed by atoms with Gasteiger partial charge >= 0.3 is 5.97 Å². The maximum Gasteiger partial charge on any atom is 0.355 e. The maximum absolute atomic E-state index is 13.5. The van der Waals surface area contributed by atoms with Gasteiger partial charge in [0.15, 0.2) is 11.5 Å². The Morgan fingerprint density at radius 3 is 2.21 bits per heavy atom. The van der Waals surface area contributed by atoms with E-state index in [0.29, 0.717) is 47.0 Å². The highest BCUT2D eigenvalue weighted by atomic mass is 16.5. The number of esters is 1. The van der Waals surface area contributed by atoms with Crippen molar-refractivity contribution >= 4 is 23.4 Å². The number of H-pyrrole nitrogens is 1. The van der Waals surface area contributed by atoms with Crippen LogP contribution in [0.1, 0.15) is 52.3 Å². The number of Topliss-reactive ketones (excluding diaryl/α,β-unsaturated/α-hetero) is 1. The normalized spacial score (nSPS) is 16.6. The summed E-state index contributed by atoms with van der Waals surface area (Å²) in [6.07, 6.45) is 0.593. The summed E-state index contributed by atoms with van der Waals surface area (Å²) >= 11 is 0. The third kappa shape index (κ3) is 5.58. The summed E-state index contributed by atoms with van der Waals surface area (Å²) in [6, 6.07) is 2.37. The second-order valence-electron chi connectivity index (χ2n) is 9.45. The maximum atomic E-state index is 13.5. The van der Waals surface area contributed by atoms with Crippen LogP contribution in [0, 0.1) is 13.8 Å². The molecule has 1 aliphatic rings. The van der Waals surface area contributed by atoms with Gasteiger partial charge in [-0.1, -0.05) is 0 Å². The van der Waals surface area contributed by atoms with E-state index in [2.05, 4.69) is 4.98 Å². The lowest BCUT2D eigenvalue weighted by Crippen LogP contribution is -2.32. The fourth-order valence-corrected chi connectivity index (χ4v) is 4.92. The van der Waals surface area contributed by atoms with E-state index in [0.717, 1.165) is 0 Å². The number of hydrogen-bond donors (Lipinski definition) is 2. The van der Waals surface area contributed by atoms with Crippen molar-refractivity contribution in [2.75, 3.05) is 55.1 Å². The van der Waals surface area contributed by atoms with Crippen molar-refractivity contribution in [2.45, 2.75) is 33.2 Å². The van der Waals surface area contributed by atoms with Crippen LogP contribution in [-0.4, -0.2) is 92.7 Å². The van der Waals surface area contributed by atoms with Crippen molar-refractivity contribution in [2.24, 2.45) is 0 Å². The van der Waals surface area contributed by atoms with Gasteiger partial charge in [0, 0.05) is 17.8 Å². The van der Waals surface area contributed by atoms with E-state index in [1.54, 1.807) is 32.9 Å². The molecule has 1 atom stereocenters. The first kappa shape index (κ1) is 29.6. The van der Waals surface area contributed by atoms with Gasteiger partial charge in [-0.25, -0.2) is 4.79 Å². The smallest absolute Gasteiger partial charge is 0.355 e. The van der Waals surface area contributed by atoms with E-state index in [4.69, 9.17) is 18.9 Å². The molecule has 0 spiro atoms. The molecule has 1 aromatic carbocycles. The van der Waals surface area contributed by atoms with E-state index in [1.165, 1.54) is 26.2 Å². The van der Waals surface area contributed by atoms with Crippen molar-refractivity contribution in [3.05, 3.63) is 45.8 Å². The van der Waals surface area contributed by atoms with Crippen LogP contribution in [-0.2, 0) is 14.3 Å². The first-order chi connectivity index (χ1) is 18.5. The average molecular weight is 544 g/mol. The van der Waals surface area contributed by atoms with Gasteiger partial charge in [0.05, 0.1) is 39.6 Å². The number of benzene rings is 1. The summed E-state index contributed by atoms with van der Waals surface area (Å²) in [6.45, 7) is 6.14. The monoisotopic (exact) mass is 543 g/mol. The van der Waals surface area contributed by atoms with E-state index in [1.807, 2.05) is 19.0 Å². The Labute approximate surface area is 228 Å². The molecule has 2 N–H and O–H groups in total. The number of carbonyl (C=O) groups is 3. The molecule has 2 aromatic rings. The van der Waals surface area contributed by atoms with Gasteiger partial charge in [-0.15, -0.1) is 0 Å². The molecule has 1 aliphatic heterocycles. The van der Waals surface area contributed by atoms with Gasteiger partial charge in [0.25, 0.3) is 11.7 Å². The molecule has 39 heavy (non-hydrogen) atoms. The molecule has 2 heterocycles. The first-order valence-corrected chi connectivity index (χ1v) is 12.6. The molecule has 0 bridgehead atoms. The Balaban J connectivity index is 2.28.